The number of aliphatic imine (C=N–C) groups is 1. The first-order valence-corrected chi connectivity index (χ1v) is 8.43. The normalized spacial score (nSPS) is 22.0. The van der Waals surface area contributed by atoms with Gasteiger partial charge in [-0.2, -0.15) is 0 Å². The van der Waals surface area contributed by atoms with Crippen molar-refractivity contribution in [3.05, 3.63) is 17.9 Å². The third kappa shape index (κ3) is 2.31. The van der Waals surface area contributed by atoms with Crippen molar-refractivity contribution in [3.63, 3.8) is 0 Å². The summed E-state index contributed by atoms with van der Waals surface area (Å²) in [5, 5.41) is 3.23. The van der Waals surface area contributed by atoms with Gasteiger partial charge in [0, 0.05) is 25.0 Å². The standard InChI is InChI=1S/C15H15FN4O3S/c1-17-13(21)10-7-20(15(22)23-10)8-5-9(16)12-11(6-8)24-14-18-3-2-4-19(12)14/h5-6,10H,2-4,7H2,1H3,(H,17,21)/t10-/m1/s1. The maximum absolute atomic E-state index is 14.7. The molecule has 3 aliphatic heterocycles. The van der Waals surface area contributed by atoms with E-state index in [0.29, 0.717) is 11.4 Å². The van der Waals surface area contributed by atoms with Gasteiger partial charge in [0.15, 0.2) is 11.3 Å². The van der Waals surface area contributed by atoms with Crippen molar-refractivity contribution in [2.75, 3.05) is 36.5 Å². The number of rotatable bonds is 2. The van der Waals surface area contributed by atoms with E-state index in [0.717, 1.165) is 29.6 Å². The maximum atomic E-state index is 14.7. The molecule has 2 amide bonds. The number of hydrogen-bond donors (Lipinski definition) is 1. The van der Waals surface area contributed by atoms with Crippen molar-refractivity contribution >= 4 is 40.3 Å². The van der Waals surface area contributed by atoms with Gasteiger partial charge < -0.3 is 15.0 Å². The Balaban J connectivity index is 1.66. The number of anilines is 2. The van der Waals surface area contributed by atoms with E-state index in [2.05, 4.69) is 10.3 Å². The number of amidine groups is 1. The zero-order chi connectivity index (χ0) is 16.8. The van der Waals surface area contributed by atoms with Crippen LogP contribution in [0.15, 0.2) is 22.0 Å². The van der Waals surface area contributed by atoms with Gasteiger partial charge in [0.1, 0.15) is 5.82 Å². The summed E-state index contributed by atoms with van der Waals surface area (Å²) in [6, 6.07) is 3.06. The van der Waals surface area contributed by atoms with Crippen LogP contribution in [0.25, 0.3) is 0 Å². The van der Waals surface area contributed by atoms with E-state index in [1.54, 1.807) is 6.07 Å². The Morgan fingerprint density at radius 2 is 2.29 bits per heavy atom. The second-order valence-corrected chi connectivity index (χ2v) is 6.65. The van der Waals surface area contributed by atoms with E-state index >= 15 is 0 Å². The van der Waals surface area contributed by atoms with Crippen molar-refractivity contribution in [3.8, 4) is 0 Å². The Morgan fingerprint density at radius 1 is 1.46 bits per heavy atom. The average Bonchev–Trinajstić information content (AvgIpc) is 3.14. The molecule has 126 valence electrons. The van der Waals surface area contributed by atoms with Crippen LogP contribution in [0, 0.1) is 5.82 Å². The van der Waals surface area contributed by atoms with Crippen LogP contribution in [-0.2, 0) is 9.53 Å². The number of fused-ring (bicyclic) bond motifs is 3. The van der Waals surface area contributed by atoms with Crippen LogP contribution in [0.1, 0.15) is 6.42 Å². The average molecular weight is 350 g/mol. The Hall–Kier alpha value is -2.29. The Labute approximate surface area is 141 Å². The van der Waals surface area contributed by atoms with Crippen LogP contribution in [0.4, 0.5) is 20.6 Å². The molecule has 3 heterocycles. The highest BCUT2D eigenvalue weighted by Crippen LogP contribution is 2.45. The molecule has 0 aliphatic carbocycles. The van der Waals surface area contributed by atoms with E-state index in [-0.39, 0.29) is 12.5 Å². The summed E-state index contributed by atoms with van der Waals surface area (Å²) in [6.07, 6.45) is -0.653. The fraction of sp³-hybridized carbons (Fsp3) is 0.400. The molecular weight excluding hydrogens is 335 g/mol. The molecule has 4 rings (SSSR count). The summed E-state index contributed by atoms with van der Waals surface area (Å²) in [6.45, 7) is 1.54. The fourth-order valence-electron chi connectivity index (χ4n) is 3.00. The van der Waals surface area contributed by atoms with E-state index in [4.69, 9.17) is 4.74 Å². The van der Waals surface area contributed by atoms with E-state index in [9.17, 15) is 14.0 Å². The number of likely N-dealkylation sites (N-methyl/N-ethyl adjacent to an activating group) is 1. The van der Waals surface area contributed by atoms with Crippen LogP contribution < -0.4 is 15.1 Å². The number of nitrogens with zero attached hydrogens (tertiary/aromatic N) is 3. The van der Waals surface area contributed by atoms with Crippen LogP contribution in [0.5, 0.6) is 0 Å². The Morgan fingerprint density at radius 3 is 3.08 bits per heavy atom. The lowest BCUT2D eigenvalue weighted by molar-refractivity contribution is -0.127. The Kier molecular flexibility index (Phi) is 3.60. The zero-order valence-corrected chi connectivity index (χ0v) is 13.7. The molecule has 24 heavy (non-hydrogen) atoms. The number of hydrogen-bond acceptors (Lipinski definition) is 6. The number of carbonyl (C=O) groups excluding carboxylic acids is 2. The smallest absolute Gasteiger partial charge is 0.415 e. The number of halogens is 1. The quantitative estimate of drug-likeness (QED) is 0.876. The molecule has 0 radical (unpaired) electrons. The summed E-state index contributed by atoms with van der Waals surface area (Å²) >= 11 is 1.40. The Bertz CT molecular complexity index is 769. The molecule has 1 aromatic carbocycles. The second kappa shape index (κ2) is 5.66. The highest BCUT2D eigenvalue weighted by Gasteiger charge is 2.38. The van der Waals surface area contributed by atoms with E-state index < -0.39 is 18.0 Å². The minimum absolute atomic E-state index is 0.0616. The topological polar surface area (TPSA) is 74.2 Å². The van der Waals surface area contributed by atoms with Gasteiger partial charge in [-0.25, -0.2) is 9.18 Å². The molecule has 9 heteroatoms. The van der Waals surface area contributed by atoms with E-state index in [1.165, 1.54) is 29.8 Å². The monoisotopic (exact) mass is 350 g/mol. The van der Waals surface area contributed by atoms with Gasteiger partial charge in [-0.3, -0.25) is 14.7 Å². The van der Waals surface area contributed by atoms with Crippen molar-refractivity contribution in [2.24, 2.45) is 4.99 Å². The first kappa shape index (κ1) is 15.3. The lowest BCUT2D eigenvalue weighted by atomic mass is 10.2. The molecule has 1 aromatic rings. The van der Waals surface area contributed by atoms with Gasteiger partial charge in [-0.15, -0.1) is 0 Å². The van der Waals surface area contributed by atoms with Gasteiger partial charge in [0.25, 0.3) is 5.91 Å². The molecule has 1 saturated heterocycles. The summed E-state index contributed by atoms with van der Waals surface area (Å²) in [4.78, 5) is 32.0. The van der Waals surface area contributed by atoms with Gasteiger partial charge >= 0.3 is 6.09 Å². The lowest BCUT2D eigenvalue weighted by Crippen LogP contribution is -2.35. The van der Waals surface area contributed by atoms with Gasteiger partial charge in [0.05, 0.1) is 17.9 Å². The second-order valence-electron chi connectivity index (χ2n) is 5.64. The van der Waals surface area contributed by atoms with Crippen LogP contribution in [0.2, 0.25) is 0 Å². The fourth-order valence-corrected chi connectivity index (χ4v) is 4.13. The maximum Gasteiger partial charge on any atom is 0.415 e. The third-order valence-electron chi connectivity index (χ3n) is 4.16. The summed E-state index contributed by atoms with van der Waals surface area (Å²) in [5.74, 6) is -0.786. The molecule has 3 aliphatic rings. The first-order valence-electron chi connectivity index (χ1n) is 7.61. The van der Waals surface area contributed by atoms with Crippen molar-refractivity contribution in [1.82, 2.24) is 5.32 Å². The number of amides is 2. The molecule has 1 atom stereocenters. The molecule has 0 bridgehead atoms. The minimum Gasteiger partial charge on any atom is -0.434 e. The number of ether oxygens (including phenoxy) is 1. The highest BCUT2D eigenvalue weighted by molar-refractivity contribution is 8.14. The summed E-state index contributed by atoms with van der Waals surface area (Å²) in [5.41, 5.74) is 0.896. The summed E-state index contributed by atoms with van der Waals surface area (Å²) in [7, 11) is 1.47. The van der Waals surface area contributed by atoms with Crippen LogP contribution >= 0.6 is 11.8 Å². The lowest BCUT2D eigenvalue weighted by Gasteiger charge is -2.23. The number of cyclic esters (lactones) is 1. The third-order valence-corrected chi connectivity index (χ3v) is 5.23. The van der Waals surface area contributed by atoms with Gasteiger partial charge in [-0.1, -0.05) is 0 Å². The predicted octanol–water partition coefficient (Wildman–Crippen LogP) is 1.57. The number of nitrogens with one attached hydrogen (secondary N) is 1. The van der Waals surface area contributed by atoms with Crippen LogP contribution in [0.3, 0.4) is 0 Å². The molecule has 0 aromatic heterocycles. The molecule has 0 saturated carbocycles. The number of thioether (sulfide) groups is 1. The molecular formula is C15H15FN4O3S. The van der Waals surface area contributed by atoms with Crippen molar-refractivity contribution in [2.45, 2.75) is 17.4 Å². The minimum atomic E-state index is -0.887. The zero-order valence-electron chi connectivity index (χ0n) is 12.9. The highest BCUT2D eigenvalue weighted by atomic mass is 32.2. The van der Waals surface area contributed by atoms with Gasteiger partial charge in [-0.05, 0) is 30.3 Å². The number of benzene rings is 1. The molecule has 1 N–H and O–H groups in total. The van der Waals surface area contributed by atoms with Crippen molar-refractivity contribution < 1.29 is 18.7 Å². The molecule has 1 fully saturated rings. The largest absolute Gasteiger partial charge is 0.434 e. The molecule has 0 spiro atoms. The van der Waals surface area contributed by atoms with E-state index in [1.807, 2.05) is 4.90 Å². The summed E-state index contributed by atoms with van der Waals surface area (Å²) < 4.78 is 19.7. The van der Waals surface area contributed by atoms with Gasteiger partial charge in [0.2, 0.25) is 0 Å². The molecule has 0 unspecified atom stereocenters. The predicted molar refractivity (Wildman–Crippen MR) is 88.2 cm³/mol. The first-order chi connectivity index (χ1) is 11.6. The van der Waals surface area contributed by atoms with Crippen molar-refractivity contribution in [1.29, 1.82) is 0 Å². The molecule has 7 nitrogen and oxygen atoms in total. The number of carbonyl (C=O) groups is 2. The van der Waals surface area contributed by atoms with Crippen LogP contribution in [-0.4, -0.2) is 50.0 Å². The SMILES string of the molecule is CNC(=O)[C@H]1CN(c2cc(F)c3c(c2)SC2=NCCCN23)C(=O)O1.